The Morgan fingerprint density at radius 2 is 2.22 bits per heavy atom. The summed E-state index contributed by atoms with van der Waals surface area (Å²) in [5.41, 5.74) is 2.83. The van der Waals surface area contributed by atoms with E-state index in [1.165, 1.54) is 25.7 Å². The third-order valence-electron chi connectivity index (χ3n) is 2.17. The first-order valence-electron chi connectivity index (χ1n) is 3.79. The van der Waals surface area contributed by atoms with E-state index in [4.69, 9.17) is 5.84 Å². The molecule has 1 saturated carbocycles. The summed E-state index contributed by atoms with van der Waals surface area (Å²) in [5.74, 6) is 6.19. The van der Waals surface area contributed by atoms with Gasteiger partial charge in [0.15, 0.2) is 0 Å². The fourth-order valence-corrected chi connectivity index (χ4v) is 1.59. The quantitative estimate of drug-likeness (QED) is 0.409. The van der Waals surface area contributed by atoms with Gasteiger partial charge in [0, 0.05) is 6.04 Å². The zero-order valence-corrected chi connectivity index (χ0v) is 6.06. The molecule has 0 radical (unpaired) electrons. The summed E-state index contributed by atoms with van der Waals surface area (Å²) in [5, 5.41) is 0. The molecule has 2 nitrogen and oxygen atoms in total. The number of hydrazine groups is 1. The lowest BCUT2D eigenvalue weighted by atomic mass is 9.87. The molecule has 0 spiro atoms. The van der Waals surface area contributed by atoms with Crippen LogP contribution < -0.4 is 11.3 Å². The van der Waals surface area contributed by atoms with Crippen molar-refractivity contribution in [3.8, 4) is 0 Å². The molecule has 0 aromatic heterocycles. The summed E-state index contributed by atoms with van der Waals surface area (Å²) < 4.78 is 0. The van der Waals surface area contributed by atoms with Crippen molar-refractivity contribution >= 4 is 0 Å². The van der Waals surface area contributed by atoms with Gasteiger partial charge in [-0.1, -0.05) is 19.8 Å². The van der Waals surface area contributed by atoms with Gasteiger partial charge in [0.1, 0.15) is 0 Å². The van der Waals surface area contributed by atoms with Crippen molar-refractivity contribution in [3.05, 3.63) is 0 Å². The fourth-order valence-electron chi connectivity index (χ4n) is 1.59. The standard InChI is InChI=1S/C7H16N2/c1-6-3-2-4-7(5-6)9-8/h6-7,9H,2-5,8H2,1H3/t6-,7-/m1/s1. The third-order valence-corrected chi connectivity index (χ3v) is 2.17. The van der Waals surface area contributed by atoms with E-state index in [9.17, 15) is 0 Å². The first-order valence-corrected chi connectivity index (χ1v) is 3.79. The van der Waals surface area contributed by atoms with E-state index in [2.05, 4.69) is 12.3 Å². The molecule has 0 bridgehead atoms. The smallest absolute Gasteiger partial charge is 0.0213 e. The SMILES string of the molecule is C[C@@H]1CCC[C@@H](NN)C1. The summed E-state index contributed by atoms with van der Waals surface area (Å²) in [6.07, 6.45) is 5.26. The van der Waals surface area contributed by atoms with Gasteiger partial charge in [0.05, 0.1) is 0 Å². The van der Waals surface area contributed by atoms with Crippen LogP contribution in [0.2, 0.25) is 0 Å². The molecule has 0 heterocycles. The Morgan fingerprint density at radius 1 is 1.44 bits per heavy atom. The van der Waals surface area contributed by atoms with Crippen molar-refractivity contribution in [3.63, 3.8) is 0 Å². The second-order valence-electron chi connectivity index (χ2n) is 3.14. The highest BCUT2D eigenvalue weighted by molar-refractivity contribution is 4.73. The predicted molar refractivity (Wildman–Crippen MR) is 38.7 cm³/mol. The van der Waals surface area contributed by atoms with Gasteiger partial charge in [-0.15, -0.1) is 0 Å². The van der Waals surface area contributed by atoms with Crippen LogP contribution in [-0.4, -0.2) is 6.04 Å². The summed E-state index contributed by atoms with van der Waals surface area (Å²) in [4.78, 5) is 0. The van der Waals surface area contributed by atoms with Crippen LogP contribution in [0, 0.1) is 5.92 Å². The molecule has 1 aliphatic rings. The van der Waals surface area contributed by atoms with E-state index < -0.39 is 0 Å². The molecule has 0 unspecified atom stereocenters. The zero-order chi connectivity index (χ0) is 6.69. The molecule has 0 saturated heterocycles. The van der Waals surface area contributed by atoms with Gasteiger partial charge < -0.3 is 0 Å². The largest absolute Gasteiger partial charge is 0.271 e. The van der Waals surface area contributed by atoms with Gasteiger partial charge in [0.25, 0.3) is 0 Å². The molecule has 9 heavy (non-hydrogen) atoms. The molecule has 0 aliphatic heterocycles. The van der Waals surface area contributed by atoms with Crippen LogP contribution >= 0.6 is 0 Å². The summed E-state index contributed by atoms with van der Waals surface area (Å²) in [6.45, 7) is 2.30. The number of nitrogens with two attached hydrogens (primary N) is 1. The number of hydrogen-bond acceptors (Lipinski definition) is 2. The molecule has 1 aliphatic carbocycles. The Hall–Kier alpha value is -0.0800. The molecule has 0 amide bonds. The van der Waals surface area contributed by atoms with E-state index in [0.29, 0.717) is 6.04 Å². The van der Waals surface area contributed by atoms with E-state index in [1.54, 1.807) is 0 Å². The van der Waals surface area contributed by atoms with Crippen molar-refractivity contribution < 1.29 is 0 Å². The lowest BCUT2D eigenvalue weighted by molar-refractivity contribution is 0.304. The van der Waals surface area contributed by atoms with Gasteiger partial charge in [-0.3, -0.25) is 11.3 Å². The molecule has 2 atom stereocenters. The average Bonchev–Trinajstić information content (AvgIpc) is 1.88. The summed E-state index contributed by atoms with van der Waals surface area (Å²) in [7, 11) is 0. The van der Waals surface area contributed by atoms with Gasteiger partial charge in [0.2, 0.25) is 0 Å². The van der Waals surface area contributed by atoms with Crippen molar-refractivity contribution in [1.29, 1.82) is 0 Å². The molecule has 1 rings (SSSR count). The van der Waals surface area contributed by atoms with Crippen LogP contribution in [0.25, 0.3) is 0 Å². The Balaban J connectivity index is 2.23. The molecule has 0 aromatic rings. The molecule has 0 aromatic carbocycles. The van der Waals surface area contributed by atoms with Crippen LogP contribution in [0.3, 0.4) is 0 Å². The molecule has 3 N–H and O–H groups in total. The van der Waals surface area contributed by atoms with Crippen LogP contribution in [0.15, 0.2) is 0 Å². The summed E-state index contributed by atoms with van der Waals surface area (Å²) >= 11 is 0. The van der Waals surface area contributed by atoms with Gasteiger partial charge >= 0.3 is 0 Å². The van der Waals surface area contributed by atoms with Crippen molar-refractivity contribution in [2.75, 3.05) is 0 Å². The maximum atomic E-state index is 5.32. The van der Waals surface area contributed by atoms with Gasteiger partial charge in [-0.05, 0) is 18.8 Å². The number of hydrogen-bond donors (Lipinski definition) is 2. The molecule has 2 heteroatoms. The molecular weight excluding hydrogens is 112 g/mol. The number of rotatable bonds is 1. The van der Waals surface area contributed by atoms with Crippen LogP contribution in [0.4, 0.5) is 0 Å². The average molecular weight is 128 g/mol. The highest BCUT2D eigenvalue weighted by Crippen LogP contribution is 2.22. The second kappa shape index (κ2) is 3.18. The minimum atomic E-state index is 0.591. The third kappa shape index (κ3) is 1.95. The van der Waals surface area contributed by atoms with Crippen LogP contribution in [-0.2, 0) is 0 Å². The van der Waals surface area contributed by atoms with E-state index in [0.717, 1.165) is 5.92 Å². The van der Waals surface area contributed by atoms with Gasteiger partial charge in [-0.2, -0.15) is 0 Å². The Kier molecular flexibility index (Phi) is 2.49. The topological polar surface area (TPSA) is 38.0 Å². The zero-order valence-electron chi connectivity index (χ0n) is 6.06. The van der Waals surface area contributed by atoms with E-state index in [-0.39, 0.29) is 0 Å². The maximum absolute atomic E-state index is 5.32. The lowest BCUT2D eigenvalue weighted by Gasteiger charge is -2.25. The van der Waals surface area contributed by atoms with Crippen molar-refractivity contribution in [2.24, 2.45) is 11.8 Å². The van der Waals surface area contributed by atoms with E-state index >= 15 is 0 Å². The maximum Gasteiger partial charge on any atom is 0.0213 e. The lowest BCUT2D eigenvalue weighted by Crippen LogP contribution is -2.38. The normalized spacial score (nSPS) is 36.7. The predicted octanol–water partition coefficient (Wildman–Crippen LogP) is 1.03. The monoisotopic (exact) mass is 128 g/mol. The minimum absolute atomic E-state index is 0.591. The first kappa shape index (κ1) is 7.03. The Bertz CT molecular complexity index is 83.0. The van der Waals surface area contributed by atoms with E-state index in [1.807, 2.05) is 0 Å². The van der Waals surface area contributed by atoms with Crippen LogP contribution in [0.5, 0.6) is 0 Å². The minimum Gasteiger partial charge on any atom is -0.271 e. The molecule has 1 fully saturated rings. The van der Waals surface area contributed by atoms with Crippen molar-refractivity contribution in [2.45, 2.75) is 38.6 Å². The fraction of sp³-hybridized carbons (Fsp3) is 1.00. The molecule has 54 valence electrons. The highest BCUT2D eigenvalue weighted by atomic mass is 15.2. The second-order valence-corrected chi connectivity index (χ2v) is 3.14. The number of nitrogens with one attached hydrogen (secondary N) is 1. The first-order chi connectivity index (χ1) is 4.33. The van der Waals surface area contributed by atoms with Crippen LogP contribution in [0.1, 0.15) is 32.6 Å². The van der Waals surface area contributed by atoms with Crippen molar-refractivity contribution in [1.82, 2.24) is 5.43 Å². The Morgan fingerprint density at radius 3 is 2.67 bits per heavy atom. The molecular formula is C7H16N2. The highest BCUT2D eigenvalue weighted by Gasteiger charge is 2.16. The van der Waals surface area contributed by atoms with Gasteiger partial charge in [-0.25, -0.2) is 0 Å². The Labute approximate surface area is 56.8 Å². The summed E-state index contributed by atoms with van der Waals surface area (Å²) in [6, 6.07) is 0.591.